The van der Waals surface area contributed by atoms with Crippen LogP contribution in [0, 0.1) is 0 Å². The van der Waals surface area contributed by atoms with Crippen LogP contribution >= 0.6 is 0 Å². The Morgan fingerprint density at radius 2 is 2.05 bits per heavy atom. The summed E-state index contributed by atoms with van der Waals surface area (Å²) in [5.74, 6) is -0.278. The second-order valence-corrected chi connectivity index (χ2v) is 5.31. The monoisotopic (exact) mass is 316 g/mol. The smallest absolute Gasteiger partial charge is 0.406 e. The number of ether oxygens (including phenoxy) is 1. The third-order valence-corrected chi connectivity index (χ3v) is 3.65. The van der Waals surface area contributed by atoms with Crippen LogP contribution in [0.4, 0.5) is 13.2 Å². The summed E-state index contributed by atoms with van der Waals surface area (Å²) in [5.41, 5.74) is 0.676. The van der Waals surface area contributed by atoms with E-state index in [0.717, 1.165) is 25.9 Å². The molecule has 0 unspecified atom stereocenters. The van der Waals surface area contributed by atoms with Crippen molar-refractivity contribution in [3.05, 3.63) is 29.8 Å². The molecule has 1 amide bonds. The average Bonchev–Trinajstić information content (AvgIpc) is 2.88. The molecule has 0 aromatic heterocycles. The highest BCUT2D eigenvalue weighted by molar-refractivity contribution is 5.79. The number of likely N-dealkylation sites (tertiary alicyclic amines) is 1. The quantitative estimate of drug-likeness (QED) is 0.906. The van der Waals surface area contributed by atoms with Crippen molar-refractivity contribution in [2.75, 3.05) is 20.1 Å². The molecule has 0 saturated carbocycles. The molecule has 1 fully saturated rings. The van der Waals surface area contributed by atoms with E-state index >= 15 is 0 Å². The van der Waals surface area contributed by atoms with Gasteiger partial charge in [-0.25, -0.2) is 0 Å². The van der Waals surface area contributed by atoms with Crippen LogP contribution in [-0.2, 0) is 11.2 Å². The van der Waals surface area contributed by atoms with Gasteiger partial charge in [0.25, 0.3) is 0 Å². The minimum absolute atomic E-state index is 0.00207. The first-order valence-corrected chi connectivity index (χ1v) is 7.18. The molecule has 1 aromatic rings. The lowest BCUT2D eigenvalue weighted by Gasteiger charge is -2.24. The lowest BCUT2D eigenvalue weighted by atomic mass is 10.1. The van der Waals surface area contributed by atoms with Crippen LogP contribution in [0.1, 0.15) is 18.4 Å². The van der Waals surface area contributed by atoms with Crippen molar-refractivity contribution in [3.63, 3.8) is 0 Å². The fourth-order valence-corrected chi connectivity index (χ4v) is 2.70. The van der Waals surface area contributed by atoms with E-state index in [4.69, 9.17) is 0 Å². The minimum Gasteiger partial charge on any atom is -0.406 e. The normalized spacial score (nSPS) is 18.5. The highest BCUT2D eigenvalue weighted by Crippen LogP contribution is 2.23. The summed E-state index contributed by atoms with van der Waals surface area (Å²) < 4.78 is 40.1. The number of hydrogen-bond donors (Lipinski definition) is 1. The number of nitrogens with zero attached hydrogens (tertiary/aromatic N) is 1. The largest absolute Gasteiger partial charge is 0.573 e. The molecule has 1 saturated heterocycles. The zero-order valence-corrected chi connectivity index (χ0v) is 12.3. The maximum atomic E-state index is 12.3. The van der Waals surface area contributed by atoms with E-state index in [1.165, 1.54) is 24.3 Å². The number of carbonyl (C=O) groups excluding carboxylic acids is 1. The summed E-state index contributed by atoms with van der Waals surface area (Å²) in [4.78, 5) is 14.1. The zero-order chi connectivity index (χ0) is 16.2. The van der Waals surface area contributed by atoms with Crippen LogP contribution in [0.15, 0.2) is 24.3 Å². The van der Waals surface area contributed by atoms with E-state index in [0.29, 0.717) is 5.56 Å². The predicted molar refractivity (Wildman–Crippen MR) is 75.5 cm³/mol. The third-order valence-electron chi connectivity index (χ3n) is 3.65. The van der Waals surface area contributed by atoms with Gasteiger partial charge in [0.05, 0.1) is 6.42 Å². The van der Waals surface area contributed by atoms with Gasteiger partial charge in [-0.2, -0.15) is 0 Å². The summed E-state index contributed by atoms with van der Waals surface area (Å²) in [6.07, 6.45) is -2.55. The Kier molecular flexibility index (Phi) is 5.28. The summed E-state index contributed by atoms with van der Waals surface area (Å²) in [6.45, 7) is 1.49. The number of rotatable bonds is 5. The van der Waals surface area contributed by atoms with Gasteiger partial charge in [0.15, 0.2) is 0 Å². The number of alkyl halides is 3. The Bertz CT molecular complexity index is 503. The average molecular weight is 316 g/mol. The van der Waals surface area contributed by atoms with Crippen molar-refractivity contribution in [2.45, 2.75) is 31.7 Å². The summed E-state index contributed by atoms with van der Waals surface area (Å²) in [7, 11) is 1.85. The second-order valence-electron chi connectivity index (χ2n) is 5.31. The number of hydrogen-bond acceptors (Lipinski definition) is 3. The SMILES string of the molecule is CNC[C@H]1CCCN1C(=O)Cc1ccc(OC(F)(F)F)cc1. The van der Waals surface area contributed by atoms with Gasteiger partial charge in [0, 0.05) is 19.1 Å². The van der Waals surface area contributed by atoms with Crippen LogP contribution in [0.5, 0.6) is 5.75 Å². The maximum Gasteiger partial charge on any atom is 0.573 e. The molecule has 1 aromatic carbocycles. The van der Waals surface area contributed by atoms with Crippen molar-refractivity contribution in [3.8, 4) is 5.75 Å². The van der Waals surface area contributed by atoms with E-state index in [2.05, 4.69) is 10.1 Å². The number of benzene rings is 1. The van der Waals surface area contributed by atoms with Gasteiger partial charge < -0.3 is 15.0 Å². The van der Waals surface area contributed by atoms with Gasteiger partial charge >= 0.3 is 6.36 Å². The molecular weight excluding hydrogens is 297 g/mol. The highest BCUT2D eigenvalue weighted by Gasteiger charge is 2.31. The summed E-state index contributed by atoms with van der Waals surface area (Å²) in [5, 5.41) is 3.07. The van der Waals surface area contributed by atoms with Gasteiger partial charge in [-0.1, -0.05) is 12.1 Å². The number of carbonyl (C=O) groups is 1. The highest BCUT2D eigenvalue weighted by atomic mass is 19.4. The number of halogens is 3. The molecule has 7 heteroatoms. The van der Waals surface area contributed by atoms with E-state index in [-0.39, 0.29) is 24.1 Å². The first-order chi connectivity index (χ1) is 10.4. The Balaban J connectivity index is 1.94. The molecule has 1 aliphatic rings. The van der Waals surface area contributed by atoms with Gasteiger partial charge in [-0.05, 0) is 37.6 Å². The van der Waals surface area contributed by atoms with Crippen LogP contribution in [0.2, 0.25) is 0 Å². The molecule has 0 spiro atoms. The Hall–Kier alpha value is -1.76. The molecule has 1 aliphatic heterocycles. The Labute approximate surface area is 127 Å². The van der Waals surface area contributed by atoms with Crippen molar-refractivity contribution in [1.29, 1.82) is 0 Å². The van der Waals surface area contributed by atoms with Crippen LogP contribution in [0.25, 0.3) is 0 Å². The van der Waals surface area contributed by atoms with Crippen LogP contribution < -0.4 is 10.1 Å². The molecule has 0 radical (unpaired) electrons. The molecule has 1 N–H and O–H groups in total. The fourth-order valence-electron chi connectivity index (χ4n) is 2.70. The van der Waals surface area contributed by atoms with Gasteiger partial charge in [-0.3, -0.25) is 4.79 Å². The molecule has 1 heterocycles. The van der Waals surface area contributed by atoms with Crippen LogP contribution in [-0.4, -0.2) is 43.3 Å². The lowest BCUT2D eigenvalue weighted by molar-refractivity contribution is -0.274. The third kappa shape index (κ3) is 4.62. The Morgan fingerprint density at radius 1 is 1.36 bits per heavy atom. The summed E-state index contributed by atoms with van der Waals surface area (Å²) >= 11 is 0. The van der Waals surface area contributed by atoms with Crippen molar-refractivity contribution < 1.29 is 22.7 Å². The van der Waals surface area contributed by atoms with Gasteiger partial charge in [-0.15, -0.1) is 13.2 Å². The van der Waals surface area contributed by atoms with Crippen molar-refractivity contribution in [2.24, 2.45) is 0 Å². The van der Waals surface area contributed by atoms with Crippen molar-refractivity contribution >= 4 is 5.91 Å². The molecule has 2 rings (SSSR count). The molecule has 0 bridgehead atoms. The van der Waals surface area contributed by atoms with Crippen LogP contribution in [0.3, 0.4) is 0 Å². The van der Waals surface area contributed by atoms with E-state index < -0.39 is 6.36 Å². The van der Waals surface area contributed by atoms with Crippen molar-refractivity contribution in [1.82, 2.24) is 10.2 Å². The zero-order valence-electron chi connectivity index (χ0n) is 12.3. The standard InChI is InChI=1S/C15H19F3N2O2/c1-19-10-12-3-2-8-20(12)14(21)9-11-4-6-13(7-5-11)22-15(16,17)18/h4-7,12,19H,2-3,8-10H2,1H3/t12-/m1/s1. The maximum absolute atomic E-state index is 12.3. The topological polar surface area (TPSA) is 41.6 Å². The summed E-state index contributed by atoms with van der Waals surface area (Å²) in [6, 6.07) is 5.63. The van der Waals surface area contributed by atoms with E-state index in [1.54, 1.807) is 0 Å². The first kappa shape index (κ1) is 16.6. The molecule has 122 valence electrons. The first-order valence-electron chi connectivity index (χ1n) is 7.18. The fraction of sp³-hybridized carbons (Fsp3) is 0.533. The Morgan fingerprint density at radius 3 is 2.64 bits per heavy atom. The molecular formula is C15H19F3N2O2. The number of likely N-dealkylation sites (N-methyl/N-ethyl adjacent to an activating group) is 1. The predicted octanol–water partition coefficient (Wildman–Crippen LogP) is 2.34. The lowest BCUT2D eigenvalue weighted by Crippen LogP contribution is -2.41. The number of amides is 1. The van der Waals surface area contributed by atoms with E-state index in [1.807, 2.05) is 11.9 Å². The van der Waals surface area contributed by atoms with E-state index in [9.17, 15) is 18.0 Å². The molecule has 4 nitrogen and oxygen atoms in total. The van der Waals surface area contributed by atoms with Gasteiger partial charge in [0.1, 0.15) is 5.75 Å². The molecule has 1 atom stereocenters. The second kappa shape index (κ2) is 7.00. The molecule has 0 aliphatic carbocycles. The molecule has 22 heavy (non-hydrogen) atoms. The van der Waals surface area contributed by atoms with Gasteiger partial charge in [0.2, 0.25) is 5.91 Å². The minimum atomic E-state index is -4.70. The number of nitrogens with one attached hydrogen (secondary N) is 1.